The van der Waals surface area contributed by atoms with Crippen molar-refractivity contribution in [3.63, 3.8) is 0 Å². The van der Waals surface area contributed by atoms with E-state index in [0.717, 1.165) is 46.4 Å². The largest absolute Gasteiger partial charge is 0.496 e. The van der Waals surface area contributed by atoms with Gasteiger partial charge in [0.1, 0.15) is 5.75 Å². The minimum atomic E-state index is -0.0810. The fourth-order valence-electron chi connectivity index (χ4n) is 5.91. The first-order valence-electron chi connectivity index (χ1n) is 12.8. The van der Waals surface area contributed by atoms with Gasteiger partial charge in [0.25, 0.3) is 5.95 Å². The van der Waals surface area contributed by atoms with Crippen LogP contribution in [0.25, 0.3) is 16.7 Å². The maximum Gasteiger partial charge on any atom is 0.280 e. The van der Waals surface area contributed by atoms with E-state index in [1.54, 1.807) is 7.11 Å². The highest BCUT2D eigenvalue weighted by molar-refractivity contribution is 5.83. The second kappa shape index (κ2) is 10.5. The molecule has 3 heteroatoms. The zero-order valence-corrected chi connectivity index (χ0v) is 21.2. The monoisotopic (exact) mass is 478 g/mol. The van der Waals surface area contributed by atoms with Crippen molar-refractivity contribution in [1.82, 2.24) is 0 Å². The highest BCUT2D eigenvalue weighted by Crippen LogP contribution is 2.50. The van der Waals surface area contributed by atoms with Crippen molar-refractivity contribution >= 4 is 5.57 Å². The zero-order chi connectivity index (χ0) is 25.0. The standard InChI is InChI=1S/C33H34O3/c1-35-31-19-17-27(23-30(31)25-14-8-4-9-15-25)33(20-10-5-11-21-33)26-16-18-28(32(34)36-2)29(22-26)24-12-6-3-7-13-24/h3-4,6-9,12-17,19,22-23,34H,5,10-11,18,20-21H2,1-2H3. The highest BCUT2D eigenvalue weighted by atomic mass is 16.6. The molecule has 3 aromatic rings. The Hall–Kier alpha value is -3.72. The van der Waals surface area contributed by atoms with E-state index in [0.29, 0.717) is 6.42 Å². The molecule has 0 amide bonds. The molecule has 1 saturated carbocycles. The normalized spacial score (nSPS) is 18.6. The van der Waals surface area contributed by atoms with Crippen molar-refractivity contribution < 1.29 is 14.6 Å². The van der Waals surface area contributed by atoms with Crippen LogP contribution in [0.4, 0.5) is 0 Å². The van der Waals surface area contributed by atoms with E-state index in [-0.39, 0.29) is 11.4 Å². The summed E-state index contributed by atoms with van der Waals surface area (Å²) in [5, 5.41) is 10.6. The molecule has 3 aromatic carbocycles. The molecular weight excluding hydrogens is 444 g/mol. The van der Waals surface area contributed by atoms with Crippen molar-refractivity contribution in [3.05, 3.63) is 119 Å². The molecule has 0 saturated heterocycles. The van der Waals surface area contributed by atoms with Crippen LogP contribution in [0.1, 0.15) is 49.7 Å². The van der Waals surface area contributed by atoms with Crippen LogP contribution in [0.15, 0.2) is 108 Å². The third-order valence-corrected chi connectivity index (χ3v) is 7.78. The Balaban J connectivity index is 1.66. The summed E-state index contributed by atoms with van der Waals surface area (Å²) in [5.41, 5.74) is 7.83. The van der Waals surface area contributed by atoms with Gasteiger partial charge >= 0.3 is 0 Å². The van der Waals surface area contributed by atoms with Crippen LogP contribution in [0, 0.1) is 0 Å². The van der Waals surface area contributed by atoms with Gasteiger partial charge in [0, 0.05) is 16.6 Å². The molecule has 2 aliphatic rings. The predicted octanol–water partition coefficient (Wildman–Crippen LogP) is 8.39. The molecule has 5 rings (SSSR count). The lowest BCUT2D eigenvalue weighted by atomic mass is 9.63. The zero-order valence-electron chi connectivity index (χ0n) is 21.2. The van der Waals surface area contributed by atoms with Crippen LogP contribution in [0.3, 0.4) is 0 Å². The maximum atomic E-state index is 10.6. The Morgan fingerprint density at radius 2 is 1.47 bits per heavy atom. The second-order valence-corrected chi connectivity index (χ2v) is 9.70. The van der Waals surface area contributed by atoms with E-state index in [1.165, 1.54) is 37.5 Å². The van der Waals surface area contributed by atoms with Crippen LogP contribution in [0.5, 0.6) is 5.75 Å². The first kappa shape index (κ1) is 24.0. The van der Waals surface area contributed by atoms with Gasteiger partial charge in [-0.15, -0.1) is 0 Å². The Kier molecular flexibility index (Phi) is 6.99. The van der Waals surface area contributed by atoms with Gasteiger partial charge in [0.05, 0.1) is 14.2 Å². The van der Waals surface area contributed by atoms with Gasteiger partial charge in [-0.1, -0.05) is 98.1 Å². The van der Waals surface area contributed by atoms with Crippen molar-refractivity contribution in [2.45, 2.75) is 43.9 Å². The summed E-state index contributed by atoms with van der Waals surface area (Å²) in [6, 6.07) is 27.5. The predicted molar refractivity (Wildman–Crippen MR) is 147 cm³/mol. The summed E-state index contributed by atoms with van der Waals surface area (Å²) in [4.78, 5) is 0. The number of ether oxygens (including phenoxy) is 2. The summed E-state index contributed by atoms with van der Waals surface area (Å²) < 4.78 is 11.0. The van der Waals surface area contributed by atoms with E-state index in [9.17, 15) is 5.11 Å². The lowest BCUT2D eigenvalue weighted by Gasteiger charge is -2.41. The van der Waals surface area contributed by atoms with Gasteiger partial charge in [-0.05, 0) is 59.2 Å². The Morgan fingerprint density at radius 1 is 0.806 bits per heavy atom. The molecule has 3 nitrogen and oxygen atoms in total. The number of aliphatic hydroxyl groups excluding tert-OH is 1. The van der Waals surface area contributed by atoms with Gasteiger partial charge in [-0.2, -0.15) is 0 Å². The minimum Gasteiger partial charge on any atom is -0.496 e. The quantitative estimate of drug-likeness (QED) is 0.362. The molecule has 36 heavy (non-hydrogen) atoms. The van der Waals surface area contributed by atoms with Gasteiger partial charge < -0.3 is 14.6 Å². The van der Waals surface area contributed by atoms with Crippen molar-refractivity contribution in [2.24, 2.45) is 0 Å². The third kappa shape index (κ3) is 4.46. The molecule has 2 aliphatic carbocycles. The molecule has 0 unspecified atom stereocenters. The highest BCUT2D eigenvalue weighted by Gasteiger charge is 2.38. The number of rotatable bonds is 6. The lowest BCUT2D eigenvalue weighted by molar-refractivity contribution is 0.132. The van der Waals surface area contributed by atoms with E-state index in [2.05, 4.69) is 66.7 Å². The topological polar surface area (TPSA) is 38.7 Å². The van der Waals surface area contributed by atoms with Gasteiger partial charge in [0.15, 0.2) is 0 Å². The number of benzene rings is 3. The Morgan fingerprint density at radius 3 is 2.11 bits per heavy atom. The lowest BCUT2D eigenvalue weighted by Crippen LogP contribution is -2.32. The molecule has 1 N–H and O–H groups in total. The minimum absolute atomic E-state index is 0.00564. The van der Waals surface area contributed by atoms with Gasteiger partial charge in [-0.3, -0.25) is 0 Å². The van der Waals surface area contributed by atoms with Crippen LogP contribution in [-0.4, -0.2) is 19.3 Å². The Bertz CT molecular complexity index is 1290. The fraction of sp³-hybridized carbons (Fsp3) is 0.273. The first-order chi connectivity index (χ1) is 17.7. The van der Waals surface area contributed by atoms with Crippen LogP contribution < -0.4 is 4.74 Å². The molecular formula is C33H34O3. The SMILES string of the molecule is COC(O)=C1CC=C(C2(c3ccc(OC)c(-c4ccccc4)c3)CCCCC2)C=C1c1ccccc1. The van der Waals surface area contributed by atoms with Crippen molar-refractivity contribution in [3.8, 4) is 16.9 Å². The second-order valence-electron chi connectivity index (χ2n) is 9.70. The molecule has 0 bridgehead atoms. The van der Waals surface area contributed by atoms with Crippen molar-refractivity contribution in [1.29, 1.82) is 0 Å². The summed E-state index contributed by atoms with van der Waals surface area (Å²) in [5.74, 6) is 0.887. The number of methoxy groups -OCH3 is 2. The number of hydrogen-bond donors (Lipinski definition) is 1. The molecule has 184 valence electrons. The number of allylic oxidation sites excluding steroid dienone is 5. The van der Waals surface area contributed by atoms with E-state index in [1.807, 2.05) is 24.3 Å². The molecule has 0 spiro atoms. The maximum absolute atomic E-state index is 10.6. The summed E-state index contributed by atoms with van der Waals surface area (Å²) >= 11 is 0. The smallest absolute Gasteiger partial charge is 0.280 e. The number of hydrogen-bond acceptors (Lipinski definition) is 3. The van der Waals surface area contributed by atoms with E-state index < -0.39 is 0 Å². The summed E-state index contributed by atoms with van der Waals surface area (Å²) in [7, 11) is 3.27. The van der Waals surface area contributed by atoms with Gasteiger partial charge in [0.2, 0.25) is 0 Å². The van der Waals surface area contributed by atoms with Crippen LogP contribution >= 0.6 is 0 Å². The number of aliphatic hydroxyl groups is 1. The van der Waals surface area contributed by atoms with Gasteiger partial charge in [-0.25, -0.2) is 0 Å². The summed E-state index contributed by atoms with van der Waals surface area (Å²) in [6.07, 6.45) is 11.1. The van der Waals surface area contributed by atoms with Crippen LogP contribution in [-0.2, 0) is 10.2 Å². The van der Waals surface area contributed by atoms with E-state index in [4.69, 9.17) is 9.47 Å². The third-order valence-electron chi connectivity index (χ3n) is 7.78. The summed E-state index contributed by atoms with van der Waals surface area (Å²) in [6.45, 7) is 0. The molecule has 0 radical (unpaired) electrons. The molecule has 0 aromatic heterocycles. The first-order valence-corrected chi connectivity index (χ1v) is 12.8. The molecule has 0 heterocycles. The average molecular weight is 479 g/mol. The molecule has 0 atom stereocenters. The van der Waals surface area contributed by atoms with Crippen molar-refractivity contribution in [2.75, 3.05) is 14.2 Å². The van der Waals surface area contributed by atoms with Crippen LogP contribution in [0.2, 0.25) is 0 Å². The molecule has 1 fully saturated rings. The fourth-order valence-corrected chi connectivity index (χ4v) is 5.91. The Labute approximate surface area is 214 Å². The van der Waals surface area contributed by atoms with E-state index >= 15 is 0 Å². The molecule has 0 aliphatic heterocycles. The average Bonchev–Trinajstić information content (AvgIpc) is 2.97.